The van der Waals surface area contributed by atoms with Crippen molar-refractivity contribution in [3.63, 3.8) is 0 Å². The molecular weight excluding hydrogens is 356 g/mol. The Morgan fingerprint density at radius 2 is 1.89 bits per heavy atom. The van der Waals surface area contributed by atoms with Gasteiger partial charge in [-0.3, -0.25) is 10.1 Å². The van der Waals surface area contributed by atoms with Crippen molar-refractivity contribution < 1.29 is 9.53 Å². The summed E-state index contributed by atoms with van der Waals surface area (Å²) >= 11 is 1.50. The highest BCUT2D eigenvalue weighted by molar-refractivity contribution is 7.15. The Morgan fingerprint density at radius 3 is 2.59 bits per heavy atom. The SMILES string of the molecule is CCOc1ccc(C=CC(=O)Nc2ncc(Cc3ccc(C)cc3)s2)cc1. The van der Waals surface area contributed by atoms with Crippen molar-refractivity contribution in [1.82, 2.24) is 4.98 Å². The zero-order valence-electron chi connectivity index (χ0n) is 15.4. The van der Waals surface area contributed by atoms with Crippen LogP contribution in [-0.4, -0.2) is 17.5 Å². The molecule has 1 heterocycles. The van der Waals surface area contributed by atoms with Crippen molar-refractivity contribution in [3.8, 4) is 5.75 Å². The van der Waals surface area contributed by atoms with E-state index in [1.807, 2.05) is 37.4 Å². The van der Waals surface area contributed by atoms with E-state index in [1.165, 1.54) is 28.5 Å². The molecule has 0 unspecified atom stereocenters. The highest BCUT2D eigenvalue weighted by Crippen LogP contribution is 2.21. The van der Waals surface area contributed by atoms with Gasteiger partial charge in [-0.1, -0.05) is 42.0 Å². The summed E-state index contributed by atoms with van der Waals surface area (Å²) < 4.78 is 5.41. The number of hydrogen-bond acceptors (Lipinski definition) is 4. The molecule has 138 valence electrons. The second-order valence-electron chi connectivity index (χ2n) is 6.12. The molecule has 0 aliphatic carbocycles. The van der Waals surface area contributed by atoms with Crippen LogP contribution in [0.4, 0.5) is 5.13 Å². The Kier molecular flexibility index (Phi) is 6.39. The Labute approximate surface area is 163 Å². The number of amides is 1. The van der Waals surface area contributed by atoms with Gasteiger partial charge in [0.25, 0.3) is 0 Å². The van der Waals surface area contributed by atoms with Crippen LogP contribution in [0.1, 0.15) is 28.5 Å². The molecule has 5 heteroatoms. The zero-order valence-corrected chi connectivity index (χ0v) is 16.3. The van der Waals surface area contributed by atoms with E-state index in [4.69, 9.17) is 4.74 Å². The molecule has 1 aromatic heterocycles. The first-order valence-electron chi connectivity index (χ1n) is 8.84. The van der Waals surface area contributed by atoms with E-state index in [-0.39, 0.29) is 5.91 Å². The van der Waals surface area contributed by atoms with E-state index in [0.717, 1.165) is 22.6 Å². The quantitative estimate of drug-likeness (QED) is 0.583. The second-order valence-corrected chi connectivity index (χ2v) is 7.23. The monoisotopic (exact) mass is 378 g/mol. The largest absolute Gasteiger partial charge is 0.494 e. The molecule has 0 saturated carbocycles. The normalized spacial score (nSPS) is 10.9. The first-order chi connectivity index (χ1) is 13.1. The molecule has 0 fully saturated rings. The average molecular weight is 378 g/mol. The van der Waals surface area contributed by atoms with Crippen molar-refractivity contribution in [2.24, 2.45) is 0 Å². The molecule has 3 aromatic rings. The molecule has 27 heavy (non-hydrogen) atoms. The van der Waals surface area contributed by atoms with E-state index in [0.29, 0.717) is 11.7 Å². The predicted molar refractivity (Wildman–Crippen MR) is 111 cm³/mol. The number of hydrogen-bond donors (Lipinski definition) is 1. The van der Waals surface area contributed by atoms with Gasteiger partial charge < -0.3 is 4.74 Å². The molecule has 1 N–H and O–H groups in total. The van der Waals surface area contributed by atoms with Crippen LogP contribution in [0, 0.1) is 6.92 Å². The van der Waals surface area contributed by atoms with Gasteiger partial charge >= 0.3 is 0 Å². The van der Waals surface area contributed by atoms with Gasteiger partial charge in [-0.05, 0) is 43.2 Å². The third-order valence-electron chi connectivity index (χ3n) is 3.90. The molecule has 0 saturated heterocycles. The highest BCUT2D eigenvalue weighted by Gasteiger charge is 2.05. The summed E-state index contributed by atoms with van der Waals surface area (Å²) in [5, 5.41) is 3.43. The van der Waals surface area contributed by atoms with Gasteiger partial charge in [0.05, 0.1) is 6.61 Å². The topological polar surface area (TPSA) is 51.2 Å². The van der Waals surface area contributed by atoms with Gasteiger partial charge in [-0.2, -0.15) is 0 Å². The van der Waals surface area contributed by atoms with Crippen LogP contribution >= 0.6 is 11.3 Å². The maximum atomic E-state index is 12.1. The Bertz CT molecular complexity index is 912. The molecular formula is C22H22N2O2S. The fourth-order valence-electron chi connectivity index (χ4n) is 2.51. The summed E-state index contributed by atoms with van der Waals surface area (Å²) in [6, 6.07) is 16.0. The van der Waals surface area contributed by atoms with Gasteiger partial charge in [0.15, 0.2) is 5.13 Å². The van der Waals surface area contributed by atoms with Crippen LogP contribution in [0.25, 0.3) is 6.08 Å². The zero-order chi connectivity index (χ0) is 19.1. The minimum atomic E-state index is -0.194. The summed E-state index contributed by atoms with van der Waals surface area (Å²) in [7, 11) is 0. The van der Waals surface area contributed by atoms with Crippen LogP contribution in [0.3, 0.4) is 0 Å². The fourth-order valence-corrected chi connectivity index (χ4v) is 3.36. The number of anilines is 1. The number of aromatic nitrogens is 1. The second kappa shape index (κ2) is 9.14. The number of nitrogens with zero attached hydrogens (tertiary/aromatic N) is 1. The standard InChI is InChI=1S/C22H22N2O2S/c1-3-26-19-11-8-17(9-12-19)10-13-21(25)24-22-23-15-20(27-22)14-18-6-4-16(2)5-7-18/h4-13,15H,3,14H2,1-2H3,(H,23,24,25). The average Bonchev–Trinajstić information content (AvgIpc) is 3.10. The van der Waals surface area contributed by atoms with E-state index in [2.05, 4.69) is 41.5 Å². The van der Waals surface area contributed by atoms with Crippen LogP contribution in [-0.2, 0) is 11.2 Å². The number of rotatable bonds is 7. The Hall–Kier alpha value is -2.92. The lowest BCUT2D eigenvalue weighted by Gasteiger charge is -2.02. The van der Waals surface area contributed by atoms with Crippen LogP contribution in [0.5, 0.6) is 5.75 Å². The molecule has 1 amide bonds. The van der Waals surface area contributed by atoms with Crippen molar-refractivity contribution in [1.29, 1.82) is 0 Å². The molecule has 0 aliphatic heterocycles. The first-order valence-corrected chi connectivity index (χ1v) is 9.66. The van der Waals surface area contributed by atoms with E-state index in [1.54, 1.807) is 6.08 Å². The van der Waals surface area contributed by atoms with E-state index < -0.39 is 0 Å². The number of ether oxygens (including phenoxy) is 1. The maximum absolute atomic E-state index is 12.1. The number of thiazole rings is 1. The lowest BCUT2D eigenvalue weighted by molar-refractivity contribution is -0.111. The molecule has 0 spiro atoms. The smallest absolute Gasteiger partial charge is 0.250 e. The third kappa shape index (κ3) is 5.79. The van der Waals surface area contributed by atoms with Crippen LogP contribution in [0.2, 0.25) is 0 Å². The van der Waals surface area contributed by atoms with Crippen LogP contribution in [0.15, 0.2) is 60.8 Å². The fraction of sp³-hybridized carbons (Fsp3) is 0.182. The van der Waals surface area contributed by atoms with Crippen LogP contribution < -0.4 is 10.1 Å². The van der Waals surface area contributed by atoms with E-state index >= 15 is 0 Å². The molecule has 2 aromatic carbocycles. The lowest BCUT2D eigenvalue weighted by Crippen LogP contribution is -2.07. The number of carbonyl (C=O) groups is 1. The predicted octanol–water partition coefficient (Wildman–Crippen LogP) is 5.09. The van der Waals surface area contributed by atoms with E-state index in [9.17, 15) is 4.79 Å². The molecule has 0 aliphatic rings. The van der Waals surface area contributed by atoms with Crippen molar-refractivity contribution in [2.75, 3.05) is 11.9 Å². The summed E-state index contributed by atoms with van der Waals surface area (Å²) in [4.78, 5) is 17.5. The number of aryl methyl sites for hydroxylation is 1. The molecule has 0 radical (unpaired) electrons. The van der Waals surface area contributed by atoms with Crippen molar-refractivity contribution >= 4 is 28.5 Å². The summed E-state index contributed by atoms with van der Waals surface area (Å²) in [6.07, 6.45) is 5.91. The van der Waals surface area contributed by atoms with Gasteiger partial charge in [0.2, 0.25) is 5.91 Å². The van der Waals surface area contributed by atoms with Gasteiger partial charge in [-0.15, -0.1) is 11.3 Å². The van der Waals surface area contributed by atoms with Crippen molar-refractivity contribution in [2.45, 2.75) is 20.3 Å². The highest BCUT2D eigenvalue weighted by atomic mass is 32.1. The lowest BCUT2D eigenvalue weighted by atomic mass is 10.1. The Balaban J connectivity index is 1.54. The minimum absolute atomic E-state index is 0.194. The Morgan fingerprint density at radius 1 is 1.15 bits per heavy atom. The first kappa shape index (κ1) is 18.9. The minimum Gasteiger partial charge on any atom is -0.494 e. The summed E-state index contributed by atoms with van der Waals surface area (Å²) in [5.74, 6) is 0.628. The molecule has 0 bridgehead atoms. The number of benzene rings is 2. The summed E-state index contributed by atoms with van der Waals surface area (Å²) in [6.45, 7) is 4.66. The number of carbonyl (C=O) groups excluding carboxylic acids is 1. The maximum Gasteiger partial charge on any atom is 0.250 e. The molecule has 0 atom stereocenters. The summed E-state index contributed by atoms with van der Waals surface area (Å²) in [5.41, 5.74) is 3.42. The van der Waals surface area contributed by atoms with Gasteiger partial charge in [0, 0.05) is 23.6 Å². The van der Waals surface area contributed by atoms with Gasteiger partial charge in [-0.25, -0.2) is 4.98 Å². The molecule has 4 nitrogen and oxygen atoms in total. The van der Waals surface area contributed by atoms with Crippen molar-refractivity contribution in [3.05, 3.63) is 82.4 Å². The van der Waals surface area contributed by atoms with Gasteiger partial charge in [0.1, 0.15) is 5.75 Å². The third-order valence-corrected chi connectivity index (χ3v) is 4.81. The number of nitrogens with one attached hydrogen (secondary N) is 1. The molecule has 3 rings (SSSR count).